The monoisotopic (exact) mass is 876 g/mol. The predicted molar refractivity (Wildman–Crippen MR) is 255 cm³/mol. The van der Waals surface area contributed by atoms with Gasteiger partial charge in [-0.1, -0.05) is 32.3 Å². The summed E-state index contributed by atoms with van der Waals surface area (Å²) in [6.45, 7) is 16.3. The van der Waals surface area contributed by atoms with E-state index in [2.05, 4.69) is 53.3 Å². The normalized spacial score (nSPS) is 17.4. The number of anilines is 6. The molecule has 0 amide bonds. The van der Waals surface area contributed by atoms with E-state index in [1.54, 1.807) is 17.7 Å². The molecule has 0 bridgehead atoms. The van der Waals surface area contributed by atoms with Crippen LogP contribution >= 0.6 is 0 Å². The van der Waals surface area contributed by atoms with Crippen molar-refractivity contribution in [3.05, 3.63) is 98.6 Å². The van der Waals surface area contributed by atoms with Crippen molar-refractivity contribution < 1.29 is 4.79 Å². The summed E-state index contributed by atoms with van der Waals surface area (Å²) in [5.74, 6) is 1.70. The number of hydrogen-bond acceptors (Lipinski definition) is 15. The molecule has 6 aromatic heterocycles. The molecule has 0 radical (unpaired) electrons. The molecule has 10 rings (SSSR count). The number of piperazine rings is 2. The van der Waals surface area contributed by atoms with Crippen molar-refractivity contribution in [2.24, 2.45) is 0 Å². The highest BCUT2D eigenvalue weighted by molar-refractivity contribution is 5.99. The van der Waals surface area contributed by atoms with E-state index in [9.17, 15) is 14.4 Å². The minimum Gasteiger partial charge on any atom is -0.368 e. The molecule has 2 saturated heterocycles. The van der Waals surface area contributed by atoms with Gasteiger partial charge in [-0.2, -0.15) is 9.97 Å². The quantitative estimate of drug-likeness (QED) is 0.121. The van der Waals surface area contributed by atoms with Gasteiger partial charge in [0.15, 0.2) is 5.78 Å². The molecule has 0 unspecified atom stereocenters. The zero-order valence-corrected chi connectivity index (χ0v) is 37.4. The highest BCUT2D eigenvalue weighted by Gasteiger charge is 2.29. The van der Waals surface area contributed by atoms with Crippen molar-refractivity contribution in [2.45, 2.75) is 84.2 Å². The number of carbonyl (C=O) groups is 1. The maximum absolute atomic E-state index is 14.7. The summed E-state index contributed by atoms with van der Waals surface area (Å²) in [7, 11) is 0. The largest absolute Gasteiger partial charge is 0.368 e. The Morgan fingerprint density at radius 3 is 1.55 bits per heavy atom. The third-order valence-corrected chi connectivity index (χ3v) is 13.9. The minimum atomic E-state index is -0.280. The number of hydrogen-bond donors (Lipinski definition) is 3. The molecule has 2 saturated carbocycles. The standard InChI is InChI=1S/C48H56N14O3/c1-29-37-27-52-47(54-39-15-13-35(25-50-39)59-19-17-49-18-20-59)56-43(37)61(33-9-5-6-10-33)45(64)41(29)31(3)58-21-23-60(24-22-58)36-14-16-40(51-26-36)55-48-53-28-38-30(2)42(32(4)63)46(65)62(44(38)57-48)34-11-7-8-12-34/h13-16,25-28,33-34,49H,3,5-12,17-24H2,1-2,4H3,(H,50,52,54,56)(H,51,53,55,57). The predicted octanol–water partition coefficient (Wildman–Crippen LogP) is 6.43. The summed E-state index contributed by atoms with van der Waals surface area (Å²) in [5.41, 5.74) is 5.88. The van der Waals surface area contributed by atoms with Gasteiger partial charge >= 0.3 is 0 Å². The zero-order chi connectivity index (χ0) is 44.8. The van der Waals surface area contributed by atoms with Crippen LogP contribution in [-0.4, -0.2) is 102 Å². The lowest BCUT2D eigenvalue weighted by atomic mass is 10.0. The SMILES string of the molecule is C=C(c1c(C)c2cnc(Nc3ccc(N4CCNCC4)cn3)nc2n(C2CCCC2)c1=O)N1CCN(c2ccc(Nc3ncc4c(C)c(C(C)=O)c(=O)n(C5CCCC5)c4n3)nc2)CC1. The minimum absolute atomic E-state index is 0.00428. The molecular formula is C48H56N14O3. The van der Waals surface area contributed by atoms with E-state index < -0.39 is 0 Å². The van der Waals surface area contributed by atoms with Gasteiger partial charge in [-0.3, -0.25) is 23.5 Å². The summed E-state index contributed by atoms with van der Waals surface area (Å²) in [5, 5.41) is 11.4. The van der Waals surface area contributed by atoms with Gasteiger partial charge in [0.25, 0.3) is 11.1 Å². The van der Waals surface area contributed by atoms with Crippen LogP contribution in [0.15, 0.2) is 65.2 Å². The van der Waals surface area contributed by atoms with E-state index in [0.717, 1.165) is 106 Å². The van der Waals surface area contributed by atoms with E-state index in [0.29, 0.717) is 77.5 Å². The van der Waals surface area contributed by atoms with Gasteiger partial charge in [0.1, 0.15) is 22.9 Å². The summed E-state index contributed by atoms with van der Waals surface area (Å²) < 4.78 is 3.62. The topological polar surface area (TPSA) is 184 Å². The van der Waals surface area contributed by atoms with Crippen molar-refractivity contribution in [3.8, 4) is 0 Å². The van der Waals surface area contributed by atoms with Crippen molar-refractivity contribution in [1.82, 2.24) is 49.3 Å². The number of Topliss-reactive ketones (excluding diaryl/α,β-unsaturated/α-hetero) is 1. The van der Waals surface area contributed by atoms with Crippen LogP contribution in [0.1, 0.15) is 97.4 Å². The number of nitrogens with one attached hydrogen (secondary N) is 3. The van der Waals surface area contributed by atoms with Crippen LogP contribution in [-0.2, 0) is 0 Å². The van der Waals surface area contributed by atoms with Gasteiger partial charge in [-0.25, -0.2) is 19.9 Å². The Kier molecular flexibility index (Phi) is 11.5. The summed E-state index contributed by atoms with van der Waals surface area (Å²) in [4.78, 5) is 76.2. The third kappa shape index (κ3) is 8.06. The maximum atomic E-state index is 14.7. The van der Waals surface area contributed by atoms with Gasteiger partial charge < -0.3 is 30.7 Å². The first-order valence-electron chi connectivity index (χ1n) is 23.1. The van der Waals surface area contributed by atoms with Crippen LogP contribution in [0.3, 0.4) is 0 Å². The van der Waals surface area contributed by atoms with Crippen molar-refractivity contribution >= 4 is 68.5 Å². The summed E-state index contributed by atoms with van der Waals surface area (Å²) in [6, 6.07) is 7.98. The number of aromatic nitrogens is 8. The van der Waals surface area contributed by atoms with Gasteiger partial charge in [0.05, 0.1) is 34.9 Å². The van der Waals surface area contributed by atoms with Crippen LogP contribution in [0.2, 0.25) is 0 Å². The average molecular weight is 877 g/mol. The molecular weight excluding hydrogens is 821 g/mol. The first kappa shape index (κ1) is 42.2. The molecule has 0 atom stereocenters. The lowest BCUT2D eigenvalue weighted by molar-refractivity contribution is 0.101. The molecule has 3 N–H and O–H groups in total. The second-order valence-corrected chi connectivity index (χ2v) is 17.9. The fourth-order valence-corrected chi connectivity index (χ4v) is 10.4. The average Bonchev–Trinajstić information content (AvgIpc) is 4.06. The number of aryl methyl sites for hydroxylation is 2. The fourth-order valence-electron chi connectivity index (χ4n) is 10.4. The second kappa shape index (κ2) is 17.7. The zero-order valence-electron chi connectivity index (χ0n) is 37.4. The van der Waals surface area contributed by atoms with Crippen molar-refractivity contribution in [3.63, 3.8) is 0 Å². The van der Waals surface area contributed by atoms with Gasteiger partial charge in [0.2, 0.25) is 11.9 Å². The molecule has 4 aliphatic rings. The van der Waals surface area contributed by atoms with E-state index in [1.807, 2.05) is 48.3 Å². The Bertz CT molecular complexity index is 2900. The van der Waals surface area contributed by atoms with Crippen LogP contribution in [0.5, 0.6) is 0 Å². The second-order valence-electron chi connectivity index (χ2n) is 17.9. The lowest BCUT2D eigenvalue weighted by Gasteiger charge is -2.38. The smallest absolute Gasteiger partial charge is 0.263 e. The molecule has 2 aliphatic heterocycles. The lowest BCUT2D eigenvalue weighted by Crippen LogP contribution is -2.46. The molecule has 0 aromatic carbocycles. The number of fused-ring (bicyclic) bond motifs is 2. The number of ketones is 1. The van der Waals surface area contributed by atoms with Crippen LogP contribution in [0, 0.1) is 13.8 Å². The Labute approximate surface area is 377 Å². The molecule has 17 nitrogen and oxygen atoms in total. The van der Waals surface area contributed by atoms with E-state index in [4.69, 9.17) is 19.9 Å². The first-order chi connectivity index (χ1) is 31.6. The maximum Gasteiger partial charge on any atom is 0.263 e. The van der Waals surface area contributed by atoms with E-state index in [-0.39, 0.29) is 34.5 Å². The van der Waals surface area contributed by atoms with E-state index in [1.165, 1.54) is 6.92 Å². The molecule has 4 fully saturated rings. The molecule has 6 aromatic rings. The van der Waals surface area contributed by atoms with Crippen LogP contribution in [0.25, 0.3) is 27.8 Å². The van der Waals surface area contributed by atoms with Crippen LogP contribution < -0.4 is 36.9 Å². The molecule has 8 heterocycles. The summed E-state index contributed by atoms with van der Waals surface area (Å²) >= 11 is 0. The molecule has 2 aliphatic carbocycles. The molecule has 17 heteroatoms. The van der Waals surface area contributed by atoms with Gasteiger partial charge in [-0.15, -0.1) is 0 Å². The van der Waals surface area contributed by atoms with E-state index >= 15 is 0 Å². The van der Waals surface area contributed by atoms with Crippen molar-refractivity contribution in [2.75, 3.05) is 72.8 Å². The van der Waals surface area contributed by atoms with Gasteiger partial charge in [-0.05, 0) is 81.8 Å². The Balaban J connectivity index is 0.839. The number of pyridine rings is 4. The van der Waals surface area contributed by atoms with Crippen molar-refractivity contribution in [1.29, 1.82) is 0 Å². The van der Waals surface area contributed by atoms with Gasteiger partial charge in [0, 0.05) is 93.3 Å². The Morgan fingerprint density at radius 2 is 1.09 bits per heavy atom. The van der Waals surface area contributed by atoms with Crippen LogP contribution in [0.4, 0.5) is 34.9 Å². The molecule has 336 valence electrons. The molecule has 0 spiro atoms. The number of nitrogens with zero attached hydrogens (tertiary/aromatic N) is 11. The highest BCUT2D eigenvalue weighted by Crippen LogP contribution is 2.35. The Morgan fingerprint density at radius 1 is 0.631 bits per heavy atom. The Hall–Kier alpha value is -6.75. The third-order valence-electron chi connectivity index (χ3n) is 13.9. The number of rotatable bonds is 11. The number of carbonyl (C=O) groups excluding carboxylic acids is 1. The first-order valence-corrected chi connectivity index (χ1v) is 23.1. The molecule has 65 heavy (non-hydrogen) atoms. The highest BCUT2D eigenvalue weighted by atomic mass is 16.1. The fraction of sp³-hybridized carbons (Fsp3) is 0.438. The summed E-state index contributed by atoms with van der Waals surface area (Å²) in [6.07, 6.45) is 15.0.